The molecular formula is C23H30N2O3S. The van der Waals surface area contributed by atoms with Gasteiger partial charge in [0.2, 0.25) is 5.91 Å². The molecule has 0 unspecified atom stereocenters. The van der Waals surface area contributed by atoms with Gasteiger partial charge in [-0.2, -0.15) is 0 Å². The number of likely N-dealkylation sites (N-methyl/N-ethyl adjacent to an activating group) is 1. The normalized spacial score (nSPS) is 18.2. The van der Waals surface area contributed by atoms with Crippen LogP contribution in [-0.4, -0.2) is 69.3 Å². The summed E-state index contributed by atoms with van der Waals surface area (Å²) in [5.74, 6) is 0.199. The lowest BCUT2D eigenvalue weighted by molar-refractivity contribution is -0.141. The van der Waals surface area contributed by atoms with Gasteiger partial charge in [0.05, 0.1) is 25.4 Å². The molecule has 0 saturated carbocycles. The monoisotopic (exact) mass is 414 g/mol. The smallest absolute Gasteiger partial charge is 0.236 e. The summed E-state index contributed by atoms with van der Waals surface area (Å²) in [5.41, 5.74) is 2.40. The lowest BCUT2D eigenvalue weighted by Crippen LogP contribution is -2.50. The quantitative estimate of drug-likeness (QED) is 0.727. The van der Waals surface area contributed by atoms with Crippen LogP contribution in [0.15, 0.2) is 36.4 Å². The summed E-state index contributed by atoms with van der Waals surface area (Å²) in [4.78, 5) is 19.5. The van der Waals surface area contributed by atoms with Gasteiger partial charge < -0.3 is 14.4 Å². The summed E-state index contributed by atoms with van der Waals surface area (Å²) in [5, 5.41) is 0. The lowest BCUT2D eigenvalue weighted by atomic mass is 9.82. The molecule has 2 aliphatic rings. The van der Waals surface area contributed by atoms with Crippen LogP contribution in [0.1, 0.15) is 23.3 Å². The summed E-state index contributed by atoms with van der Waals surface area (Å²) < 4.78 is 11.5. The first-order chi connectivity index (χ1) is 14.1. The Hall–Kier alpha value is -1.73. The second kappa shape index (κ2) is 8.96. The molecule has 1 fully saturated rings. The molecule has 3 heterocycles. The van der Waals surface area contributed by atoms with Gasteiger partial charge >= 0.3 is 0 Å². The predicted octanol–water partition coefficient (Wildman–Crippen LogP) is 3.38. The minimum atomic E-state index is -0.226. The zero-order valence-electron chi connectivity index (χ0n) is 17.4. The van der Waals surface area contributed by atoms with E-state index in [-0.39, 0.29) is 11.5 Å². The van der Waals surface area contributed by atoms with Crippen LogP contribution in [0.2, 0.25) is 0 Å². The molecule has 1 saturated heterocycles. The lowest BCUT2D eigenvalue weighted by Gasteiger charge is -2.44. The third-order valence-electron chi connectivity index (χ3n) is 6.07. The minimum Gasteiger partial charge on any atom is -0.383 e. The highest BCUT2D eigenvalue weighted by atomic mass is 32.1. The Balaban J connectivity index is 1.44. The maximum absolute atomic E-state index is 12.7. The van der Waals surface area contributed by atoms with E-state index in [0.29, 0.717) is 13.2 Å². The van der Waals surface area contributed by atoms with Gasteiger partial charge in [-0.05, 0) is 37.1 Å². The first-order valence-electron chi connectivity index (χ1n) is 10.4. The number of benzene rings is 1. The van der Waals surface area contributed by atoms with Crippen molar-refractivity contribution in [1.82, 2.24) is 9.80 Å². The van der Waals surface area contributed by atoms with E-state index >= 15 is 0 Å². The number of methoxy groups -OCH3 is 1. The highest BCUT2D eigenvalue weighted by molar-refractivity contribution is 7.15. The highest BCUT2D eigenvalue weighted by Crippen LogP contribution is 2.46. The zero-order valence-corrected chi connectivity index (χ0v) is 18.2. The van der Waals surface area contributed by atoms with Crippen LogP contribution in [0.3, 0.4) is 0 Å². The number of carbonyl (C=O) groups is 1. The van der Waals surface area contributed by atoms with Crippen molar-refractivity contribution >= 4 is 17.2 Å². The van der Waals surface area contributed by atoms with E-state index in [9.17, 15) is 4.79 Å². The third-order valence-corrected chi connectivity index (χ3v) is 7.32. The average Bonchev–Trinajstić information content (AvgIpc) is 3.19. The molecule has 1 spiro atoms. The van der Waals surface area contributed by atoms with E-state index < -0.39 is 0 Å². The second-order valence-electron chi connectivity index (χ2n) is 8.02. The number of hydrogen-bond acceptors (Lipinski definition) is 5. The summed E-state index contributed by atoms with van der Waals surface area (Å²) in [6, 6.07) is 12.9. The Morgan fingerprint density at radius 1 is 1.28 bits per heavy atom. The molecule has 29 heavy (non-hydrogen) atoms. The molecule has 1 aromatic heterocycles. The van der Waals surface area contributed by atoms with Gasteiger partial charge in [-0.1, -0.05) is 30.3 Å². The van der Waals surface area contributed by atoms with Crippen LogP contribution in [0, 0.1) is 0 Å². The molecular weight excluding hydrogens is 384 g/mol. The number of piperidine rings is 1. The maximum atomic E-state index is 12.7. The number of rotatable bonds is 6. The van der Waals surface area contributed by atoms with Gasteiger partial charge in [0, 0.05) is 42.9 Å². The van der Waals surface area contributed by atoms with E-state index in [4.69, 9.17) is 9.47 Å². The van der Waals surface area contributed by atoms with Crippen LogP contribution < -0.4 is 0 Å². The van der Waals surface area contributed by atoms with E-state index in [0.717, 1.165) is 45.5 Å². The van der Waals surface area contributed by atoms with Gasteiger partial charge in [0.1, 0.15) is 0 Å². The molecule has 1 amide bonds. The molecule has 0 atom stereocenters. The number of nitrogens with zero attached hydrogens (tertiary/aromatic N) is 2. The van der Waals surface area contributed by atoms with Crippen LogP contribution in [0.5, 0.6) is 0 Å². The number of carbonyl (C=O) groups excluding carboxylic acids is 1. The summed E-state index contributed by atoms with van der Waals surface area (Å²) >= 11 is 1.90. The molecule has 0 aliphatic carbocycles. The van der Waals surface area contributed by atoms with Crippen molar-refractivity contribution in [3.63, 3.8) is 0 Å². The number of ether oxygens (including phenoxy) is 2. The molecule has 0 bridgehead atoms. The molecule has 5 nitrogen and oxygen atoms in total. The fourth-order valence-electron chi connectivity index (χ4n) is 4.35. The Labute approximate surface area is 177 Å². The van der Waals surface area contributed by atoms with Crippen molar-refractivity contribution in [2.45, 2.75) is 24.9 Å². The van der Waals surface area contributed by atoms with E-state index in [1.165, 1.54) is 20.9 Å². The first kappa shape index (κ1) is 20.5. The minimum absolute atomic E-state index is 0.199. The van der Waals surface area contributed by atoms with Crippen LogP contribution >= 0.6 is 11.3 Å². The van der Waals surface area contributed by atoms with Gasteiger partial charge in [-0.15, -0.1) is 11.3 Å². The number of fused-ring (bicyclic) bond motifs is 2. The molecule has 6 heteroatoms. The van der Waals surface area contributed by atoms with Crippen molar-refractivity contribution in [3.8, 4) is 10.4 Å². The number of amides is 1. The largest absolute Gasteiger partial charge is 0.383 e. The first-order valence-corrected chi connectivity index (χ1v) is 11.2. The van der Waals surface area contributed by atoms with E-state index in [2.05, 4.69) is 36.4 Å². The molecule has 0 radical (unpaired) electrons. The Morgan fingerprint density at radius 3 is 2.76 bits per heavy atom. The number of likely N-dealkylation sites (tertiary alicyclic amines) is 1. The van der Waals surface area contributed by atoms with Gasteiger partial charge in [0.15, 0.2) is 0 Å². The van der Waals surface area contributed by atoms with Crippen LogP contribution in [-0.2, 0) is 26.3 Å². The molecule has 156 valence electrons. The van der Waals surface area contributed by atoms with E-state index in [1.807, 2.05) is 28.2 Å². The van der Waals surface area contributed by atoms with Crippen molar-refractivity contribution < 1.29 is 14.3 Å². The Morgan fingerprint density at radius 2 is 2.03 bits per heavy atom. The zero-order chi connectivity index (χ0) is 20.3. The number of thiophene rings is 1. The summed E-state index contributed by atoms with van der Waals surface area (Å²) in [6.07, 6.45) is 2.73. The predicted molar refractivity (Wildman–Crippen MR) is 116 cm³/mol. The molecule has 4 rings (SSSR count). The van der Waals surface area contributed by atoms with Gasteiger partial charge in [0.25, 0.3) is 0 Å². The third kappa shape index (κ3) is 4.40. The van der Waals surface area contributed by atoms with Gasteiger partial charge in [-0.3, -0.25) is 9.69 Å². The van der Waals surface area contributed by atoms with Crippen molar-refractivity contribution in [3.05, 3.63) is 46.8 Å². The molecule has 2 aromatic rings. The van der Waals surface area contributed by atoms with Crippen LogP contribution in [0.25, 0.3) is 10.4 Å². The topological polar surface area (TPSA) is 42.0 Å². The summed E-state index contributed by atoms with van der Waals surface area (Å²) in [7, 11) is 3.65. The maximum Gasteiger partial charge on any atom is 0.236 e. The standard InChI is InChI=1S/C23H30N2O3S/c1-24(13-15-27-2)17-22(26)25-11-9-23(10-12-25)19-16-21(18-6-4-3-5-7-18)29-20(19)8-14-28-23/h3-7,16H,8-15,17H2,1-2H3. The SMILES string of the molecule is COCCN(C)CC(=O)N1CCC2(CC1)OCCc1sc(-c3ccccc3)cc12. The highest BCUT2D eigenvalue weighted by Gasteiger charge is 2.42. The molecule has 0 N–H and O–H groups in total. The molecule has 2 aliphatic heterocycles. The molecule has 1 aromatic carbocycles. The fourth-order valence-corrected chi connectivity index (χ4v) is 5.59. The Bertz CT molecular complexity index is 828. The summed E-state index contributed by atoms with van der Waals surface area (Å²) in [6.45, 7) is 4.14. The van der Waals surface area contributed by atoms with Gasteiger partial charge in [-0.25, -0.2) is 0 Å². The second-order valence-corrected chi connectivity index (χ2v) is 9.15. The fraction of sp³-hybridized carbons (Fsp3) is 0.522. The van der Waals surface area contributed by atoms with Crippen LogP contribution in [0.4, 0.5) is 0 Å². The van der Waals surface area contributed by atoms with Crippen molar-refractivity contribution in [2.75, 3.05) is 53.6 Å². The number of hydrogen-bond donors (Lipinski definition) is 0. The van der Waals surface area contributed by atoms with E-state index in [1.54, 1.807) is 7.11 Å². The average molecular weight is 415 g/mol. The van der Waals surface area contributed by atoms with Crippen molar-refractivity contribution in [2.24, 2.45) is 0 Å². The Kier molecular flexibility index (Phi) is 6.35. The van der Waals surface area contributed by atoms with Crippen molar-refractivity contribution in [1.29, 1.82) is 0 Å².